The lowest BCUT2D eigenvalue weighted by Gasteiger charge is -2.30. The van der Waals surface area contributed by atoms with Crippen LogP contribution in [0.25, 0.3) is 0 Å². The largest absolute Gasteiger partial charge is 0.477 e. The van der Waals surface area contributed by atoms with Crippen LogP contribution in [-0.4, -0.2) is 39.5 Å². The number of rotatable bonds is 4. The molecular weight excluding hydrogens is 284 g/mol. The van der Waals surface area contributed by atoms with E-state index in [4.69, 9.17) is 5.11 Å². The Morgan fingerprint density at radius 2 is 1.95 bits per heavy atom. The molecule has 22 heavy (non-hydrogen) atoms. The summed E-state index contributed by atoms with van der Waals surface area (Å²) >= 11 is 0. The monoisotopic (exact) mass is 306 g/mol. The first-order valence-corrected chi connectivity index (χ1v) is 7.61. The Morgan fingerprint density at radius 3 is 2.55 bits per heavy atom. The summed E-state index contributed by atoms with van der Waals surface area (Å²) in [6, 6.07) is 1.60. The predicted molar refractivity (Wildman–Crippen MR) is 82.0 cm³/mol. The van der Waals surface area contributed by atoms with E-state index in [0.29, 0.717) is 11.5 Å². The third-order valence-electron chi connectivity index (χ3n) is 4.29. The standard InChI is InChI=1S/C16H22N2O4/c1-11-3-7-17(8-4-11)13(19)6-10-18-9-5-12(2)14(15(18)20)16(21)22/h5,9,11H,3-4,6-8,10H2,1-2H3,(H,21,22). The zero-order chi connectivity index (χ0) is 16.3. The predicted octanol–water partition coefficient (Wildman–Crippen LogP) is 1.50. The fraction of sp³-hybridized carbons (Fsp3) is 0.562. The molecule has 0 atom stereocenters. The molecular formula is C16H22N2O4. The van der Waals surface area contributed by atoms with Gasteiger partial charge >= 0.3 is 5.97 Å². The first kappa shape index (κ1) is 16.3. The summed E-state index contributed by atoms with van der Waals surface area (Å²) in [4.78, 5) is 37.2. The Labute approximate surface area is 129 Å². The number of piperidine rings is 1. The van der Waals surface area contributed by atoms with Gasteiger partial charge in [-0.3, -0.25) is 9.59 Å². The number of nitrogens with zero attached hydrogens (tertiary/aromatic N) is 2. The van der Waals surface area contributed by atoms with Crippen molar-refractivity contribution in [1.82, 2.24) is 9.47 Å². The van der Waals surface area contributed by atoms with Crippen LogP contribution in [0, 0.1) is 12.8 Å². The Morgan fingerprint density at radius 1 is 1.32 bits per heavy atom. The smallest absolute Gasteiger partial charge is 0.341 e. The first-order chi connectivity index (χ1) is 10.4. The lowest BCUT2D eigenvalue weighted by atomic mass is 9.99. The summed E-state index contributed by atoms with van der Waals surface area (Å²) in [6.07, 6.45) is 3.80. The Kier molecular flexibility index (Phi) is 5.00. The van der Waals surface area contributed by atoms with Crippen LogP contribution in [0.4, 0.5) is 0 Å². The molecule has 6 heteroatoms. The molecule has 1 aliphatic rings. The van der Waals surface area contributed by atoms with Crippen molar-refractivity contribution in [3.8, 4) is 0 Å². The summed E-state index contributed by atoms with van der Waals surface area (Å²) in [5.74, 6) is -0.550. The third-order valence-corrected chi connectivity index (χ3v) is 4.29. The quantitative estimate of drug-likeness (QED) is 0.914. The summed E-state index contributed by atoms with van der Waals surface area (Å²) in [5, 5.41) is 9.09. The molecule has 1 amide bonds. The van der Waals surface area contributed by atoms with Crippen LogP contribution in [0.2, 0.25) is 0 Å². The SMILES string of the molecule is Cc1ccn(CCC(=O)N2CCC(C)CC2)c(=O)c1C(=O)O. The molecule has 0 bridgehead atoms. The van der Waals surface area contributed by atoms with Gasteiger partial charge in [-0.25, -0.2) is 4.79 Å². The molecule has 1 aromatic heterocycles. The maximum atomic E-state index is 12.2. The molecule has 0 aliphatic carbocycles. The lowest BCUT2D eigenvalue weighted by molar-refractivity contribution is -0.132. The molecule has 0 saturated carbocycles. The van der Waals surface area contributed by atoms with Crippen LogP contribution in [0.1, 0.15) is 42.1 Å². The highest BCUT2D eigenvalue weighted by Gasteiger charge is 2.20. The lowest BCUT2D eigenvalue weighted by Crippen LogP contribution is -2.38. The highest BCUT2D eigenvalue weighted by Crippen LogP contribution is 2.16. The number of hydrogen-bond donors (Lipinski definition) is 1. The number of carboxylic acid groups (broad SMARTS) is 1. The van der Waals surface area contributed by atoms with Crippen molar-refractivity contribution in [1.29, 1.82) is 0 Å². The van der Waals surface area contributed by atoms with Gasteiger partial charge in [0.2, 0.25) is 5.91 Å². The number of carbonyl (C=O) groups is 2. The number of carbonyl (C=O) groups excluding carboxylic acids is 1. The van der Waals surface area contributed by atoms with Crippen LogP contribution in [0.3, 0.4) is 0 Å². The Balaban J connectivity index is 2.03. The Hall–Kier alpha value is -2.11. The van der Waals surface area contributed by atoms with Crippen molar-refractivity contribution < 1.29 is 14.7 Å². The minimum absolute atomic E-state index is 0.0243. The van der Waals surface area contributed by atoms with Gasteiger partial charge in [0, 0.05) is 32.3 Å². The van der Waals surface area contributed by atoms with Crippen LogP contribution >= 0.6 is 0 Å². The number of aromatic nitrogens is 1. The molecule has 0 unspecified atom stereocenters. The maximum Gasteiger partial charge on any atom is 0.341 e. The number of aromatic carboxylic acids is 1. The molecule has 0 radical (unpaired) electrons. The van der Waals surface area contributed by atoms with E-state index >= 15 is 0 Å². The Bertz CT molecular complexity index is 628. The normalized spacial score (nSPS) is 15.8. The zero-order valence-corrected chi connectivity index (χ0v) is 13.0. The number of carboxylic acids is 1. The molecule has 0 aromatic carbocycles. The summed E-state index contributed by atoms with van der Waals surface area (Å²) in [6.45, 7) is 5.52. The number of aryl methyl sites for hydroxylation is 2. The van der Waals surface area contributed by atoms with Gasteiger partial charge in [-0.05, 0) is 37.3 Å². The molecule has 1 aliphatic heterocycles. The molecule has 1 N–H and O–H groups in total. The highest BCUT2D eigenvalue weighted by atomic mass is 16.4. The van der Waals surface area contributed by atoms with Gasteiger partial charge in [0.05, 0.1) is 0 Å². The van der Waals surface area contributed by atoms with Crippen LogP contribution in [-0.2, 0) is 11.3 Å². The minimum atomic E-state index is -1.23. The van der Waals surface area contributed by atoms with E-state index < -0.39 is 11.5 Å². The van der Waals surface area contributed by atoms with E-state index in [-0.39, 0.29) is 24.4 Å². The molecule has 1 saturated heterocycles. The number of amides is 1. The molecule has 1 aromatic rings. The van der Waals surface area contributed by atoms with E-state index in [9.17, 15) is 14.4 Å². The molecule has 6 nitrogen and oxygen atoms in total. The number of pyridine rings is 1. The van der Waals surface area contributed by atoms with Crippen molar-refractivity contribution in [2.24, 2.45) is 5.92 Å². The third kappa shape index (κ3) is 3.55. The molecule has 0 spiro atoms. The molecule has 120 valence electrons. The average molecular weight is 306 g/mol. The minimum Gasteiger partial charge on any atom is -0.477 e. The van der Waals surface area contributed by atoms with Crippen LogP contribution in [0.5, 0.6) is 0 Å². The fourth-order valence-electron chi connectivity index (χ4n) is 2.73. The topological polar surface area (TPSA) is 79.6 Å². The van der Waals surface area contributed by atoms with Gasteiger partial charge in [-0.15, -0.1) is 0 Å². The van der Waals surface area contributed by atoms with Crippen molar-refractivity contribution in [3.05, 3.63) is 33.7 Å². The second-order valence-electron chi connectivity index (χ2n) is 5.99. The highest BCUT2D eigenvalue weighted by molar-refractivity contribution is 5.88. The molecule has 2 heterocycles. The van der Waals surface area contributed by atoms with Gasteiger partial charge in [0.25, 0.3) is 5.56 Å². The van der Waals surface area contributed by atoms with Gasteiger partial charge < -0.3 is 14.6 Å². The van der Waals surface area contributed by atoms with Crippen LogP contribution in [0.15, 0.2) is 17.1 Å². The molecule has 2 rings (SSSR count). The fourth-order valence-corrected chi connectivity index (χ4v) is 2.73. The van der Waals surface area contributed by atoms with Crippen molar-refractivity contribution in [3.63, 3.8) is 0 Å². The maximum absolute atomic E-state index is 12.2. The molecule has 1 fully saturated rings. The first-order valence-electron chi connectivity index (χ1n) is 7.61. The summed E-state index contributed by atoms with van der Waals surface area (Å²) in [5.41, 5.74) is -0.334. The van der Waals surface area contributed by atoms with Crippen molar-refractivity contribution in [2.45, 2.75) is 39.7 Å². The van der Waals surface area contributed by atoms with Crippen molar-refractivity contribution >= 4 is 11.9 Å². The van der Waals surface area contributed by atoms with Gasteiger partial charge in [0.15, 0.2) is 0 Å². The van der Waals surface area contributed by atoms with Crippen molar-refractivity contribution in [2.75, 3.05) is 13.1 Å². The second kappa shape index (κ2) is 6.77. The van der Waals surface area contributed by atoms with E-state index in [2.05, 4.69) is 6.92 Å². The van der Waals surface area contributed by atoms with Gasteiger partial charge in [0.1, 0.15) is 5.56 Å². The average Bonchev–Trinajstić information content (AvgIpc) is 2.46. The van der Waals surface area contributed by atoms with E-state index in [1.54, 1.807) is 19.2 Å². The van der Waals surface area contributed by atoms with Gasteiger partial charge in [-0.1, -0.05) is 6.92 Å². The summed E-state index contributed by atoms with van der Waals surface area (Å²) < 4.78 is 1.31. The van der Waals surface area contributed by atoms with E-state index in [0.717, 1.165) is 25.9 Å². The number of hydrogen-bond acceptors (Lipinski definition) is 3. The van der Waals surface area contributed by atoms with Crippen LogP contribution < -0.4 is 5.56 Å². The second-order valence-corrected chi connectivity index (χ2v) is 5.99. The number of likely N-dealkylation sites (tertiary alicyclic amines) is 1. The summed E-state index contributed by atoms with van der Waals surface area (Å²) in [7, 11) is 0. The zero-order valence-electron chi connectivity index (χ0n) is 13.0. The van der Waals surface area contributed by atoms with E-state index in [1.807, 2.05) is 4.90 Å². The van der Waals surface area contributed by atoms with E-state index in [1.165, 1.54) is 4.57 Å². The van der Waals surface area contributed by atoms with Gasteiger partial charge in [-0.2, -0.15) is 0 Å².